The first kappa shape index (κ1) is 13.5. The number of benzene rings is 1. The second kappa shape index (κ2) is 7.85. The minimum Gasteiger partial charge on any atom is -0.508 e. The largest absolute Gasteiger partial charge is 0.508 e. The van der Waals surface area contributed by atoms with Crippen molar-refractivity contribution in [1.82, 2.24) is 0 Å². The molecule has 0 aliphatic heterocycles. The number of phenolic OH excluding ortho intramolecular Hbond substituents is 1. The molecule has 0 fully saturated rings. The van der Waals surface area contributed by atoms with Gasteiger partial charge in [-0.05, 0) is 18.1 Å². The van der Waals surface area contributed by atoms with Crippen LogP contribution in [0.1, 0.15) is 20.8 Å². The molecule has 1 aromatic carbocycles. The minimum absolute atomic E-state index is 0.196. The Hall–Kier alpha value is -1.51. The second-order valence-electron chi connectivity index (χ2n) is 3.53. The van der Waals surface area contributed by atoms with Gasteiger partial charge in [-0.1, -0.05) is 32.0 Å². The molecule has 3 nitrogen and oxygen atoms in total. The van der Waals surface area contributed by atoms with Gasteiger partial charge in [0, 0.05) is 6.92 Å². The predicted molar refractivity (Wildman–Crippen MR) is 59.6 cm³/mol. The highest BCUT2D eigenvalue weighted by Gasteiger charge is 1.94. The van der Waals surface area contributed by atoms with Crippen molar-refractivity contribution in [3.63, 3.8) is 0 Å². The zero-order valence-electron chi connectivity index (χ0n) is 9.43. The first-order valence-electron chi connectivity index (χ1n) is 4.89. The van der Waals surface area contributed by atoms with E-state index < -0.39 is 0 Å². The Kier molecular flexibility index (Phi) is 7.06. The number of carbonyl (C=O) groups is 1. The Morgan fingerprint density at radius 1 is 1.33 bits per heavy atom. The van der Waals surface area contributed by atoms with Gasteiger partial charge in [-0.15, -0.1) is 0 Å². The SMILES string of the molecule is CC(=O)OCC(C)C.Oc1ccccc1. The first-order chi connectivity index (χ1) is 7.02. The van der Waals surface area contributed by atoms with E-state index >= 15 is 0 Å². The standard InChI is InChI=1S/C6H12O2.C6H6O/c1-5(2)4-8-6(3)7;7-6-4-2-1-3-5-6/h5H,4H2,1-3H3;1-5,7H. The summed E-state index contributed by atoms with van der Waals surface area (Å²) in [6.45, 7) is 5.96. The summed E-state index contributed by atoms with van der Waals surface area (Å²) in [4.78, 5) is 10.1. The maximum Gasteiger partial charge on any atom is 0.302 e. The Balaban J connectivity index is 0.000000262. The van der Waals surface area contributed by atoms with Gasteiger partial charge in [0.25, 0.3) is 0 Å². The van der Waals surface area contributed by atoms with Crippen molar-refractivity contribution >= 4 is 5.97 Å². The minimum atomic E-state index is -0.196. The highest BCUT2D eigenvalue weighted by Crippen LogP contribution is 2.02. The molecule has 0 bridgehead atoms. The highest BCUT2D eigenvalue weighted by molar-refractivity contribution is 5.65. The van der Waals surface area contributed by atoms with E-state index in [9.17, 15) is 4.79 Å². The van der Waals surface area contributed by atoms with Crippen LogP contribution in [0, 0.1) is 5.92 Å². The highest BCUT2D eigenvalue weighted by atomic mass is 16.5. The molecule has 3 heteroatoms. The fraction of sp³-hybridized carbons (Fsp3) is 0.417. The zero-order valence-corrected chi connectivity index (χ0v) is 9.43. The van der Waals surface area contributed by atoms with Crippen LogP contribution >= 0.6 is 0 Å². The monoisotopic (exact) mass is 210 g/mol. The van der Waals surface area contributed by atoms with Crippen LogP contribution in [0.2, 0.25) is 0 Å². The van der Waals surface area contributed by atoms with E-state index in [1.54, 1.807) is 24.3 Å². The summed E-state index contributed by atoms with van der Waals surface area (Å²) in [5.41, 5.74) is 0. The smallest absolute Gasteiger partial charge is 0.302 e. The third kappa shape index (κ3) is 10.4. The van der Waals surface area contributed by atoms with Crippen molar-refractivity contribution in [1.29, 1.82) is 0 Å². The van der Waals surface area contributed by atoms with Crippen LogP contribution in [-0.4, -0.2) is 17.7 Å². The van der Waals surface area contributed by atoms with Crippen LogP contribution < -0.4 is 0 Å². The van der Waals surface area contributed by atoms with Crippen molar-refractivity contribution < 1.29 is 14.6 Å². The summed E-state index contributed by atoms with van der Waals surface area (Å²) in [6.07, 6.45) is 0. The number of para-hydroxylation sites is 1. The molecule has 0 heterocycles. The third-order valence-corrected chi connectivity index (χ3v) is 1.38. The van der Waals surface area contributed by atoms with E-state index in [-0.39, 0.29) is 5.97 Å². The zero-order chi connectivity index (χ0) is 11.7. The number of phenols is 1. The maximum atomic E-state index is 10.1. The Morgan fingerprint density at radius 2 is 1.87 bits per heavy atom. The van der Waals surface area contributed by atoms with Crippen molar-refractivity contribution in [3.8, 4) is 5.75 Å². The lowest BCUT2D eigenvalue weighted by molar-refractivity contribution is -0.141. The van der Waals surface area contributed by atoms with Crippen molar-refractivity contribution in [2.24, 2.45) is 5.92 Å². The molecule has 0 amide bonds. The molecule has 0 aliphatic carbocycles. The van der Waals surface area contributed by atoms with Crippen LogP contribution in [-0.2, 0) is 9.53 Å². The average molecular weight is 210 g/mol. The molecule has 0 spiro atoms. The summed E-state index contributed by atoms with van der Waals surface area (Å²) in [6, 6.07) is 8.71. The molecule has 0 aliphatic rings. The van der Waals surface area contributed by atoms with E-state index in [0.717, 1.165) is 0 Å². The third-order valence-electron chi connectivity index (χ3n) is 1.38. The van der Waals surface area contributed by atoms with Gasteiger partial charge in [-0.25, -0.2) is 0 Å². The first-order valence-corrected chi connectivity index (χ1v) is 4.89. The molecule has 1 N–H and O–H groups in total. The van der Waals surface area contributed by atoms with Gasteiger partial charge in [-0.2, -0.15) is 0 Å². The predicted octanol–water partition coefficient (Wildman–Crippen LogP) is 2.60. The van der Waals surface area contributed by atoms with Gasteiger partial charge in [-0.3, -0.25) is 4.79 Å². The number of esters is 1. The summed E-state index contributed by atoms with van der Waals surface area (Å²) in [5.74, 6) is 0.570. The topological polar surface area (TPSA) is 46.5 Å². The average Bonchev–Trinajstić information content (AvgIpc) is 2.17. The van der Waals surface area contributed by atoms with Gasteiger partial charge in [0.1, 0.15) is 5.75 Å². The molecule has 0 saturated carbocycles. The van der Waals surface area contributed by atoms with E-state index in [1.165, 1.54) is 6.92 Å². The molecule has 1 aromatic rings. The molecule has 0 atom stereocenters. The van der Waals surface area contributed by atoms with Gasteiger partial charge >= 0.3 is 5.97 Å². The van der Waals surface area contributed by atoms with Crippen molar-refractivity contribution in [2.45, 2.75) is 20.8 Å². The molecular formula is C12H18O3. The number of rotatable bonds is 2. The normalized spacial score (nSPS) is 9.07. The van der Waals surface area contributed by atoms with Crippen molar-refractivity contribution in [2.75, 3.05) is 6.61 Å². The number of aromatic hydroxyl groups is 1. The van der Waals surface area contributed by atoms with Crippen LogP contribution in [0.5, 0.6) is 5.75 Å². The number of carbonyl (C=O) groups excluding carboxylic acids is 1. The van der Waals surface area contributed by atoms with Gasteiger partial charge < -0.3 is 9.84 Å². The van der Waals surface area contributed by atoms with Gasteiger partial charge in [0.2, 0.25) is 0 Å². The maximum absolute atomic E-state index is 10.1. The Labute approximate surface area is 90.7 Å². The van der Waals surface area contributed by atoms with Gasteiger partial charge in [0.05, 0.1) is 6.61 Å². The fourth-order valence-electron chi connectivity index (χ4n) is 0.712. The molecular weight excluding hydrogens is 192 g/mol. The Bertz CT molecular complexity index is 267. The Morgan fingerprint density at radius 3 is 2.07 bits per heavy atom. The van der Waals surface area contributed by atoms with Crippen LogP contribution in [0.3, 0.4) is 0 Å². The summed E-state index contributed by atoms with van der Waals surface area (Å²) >= 11 is 0. The number of ether oxygens (including phenoxy) is 1. The molecule has 1 rings (SSSR count). The second-order valence-corrected chi connectivity index (χ2v) is 3.53. The summed E-state index contributed by atoms with van der Waals surface area (Å²) in [5, 5.41) is 8.63. The van der Waals surface area contributed by atoms with Crippen LogP contribution in [0.25, 0.3) is 0 Å². The fourth-order valence-corrected chi connectivity index (χ4v) is 0.712. The lowest BCUT2D eigenvalue weighted by Gasteiger charge is -2.02. The van der Waals surface area contributed by atoms with E-state index in [2.05, 4.69) is 4.74 Å². The number of hydrogen-bond acceptors (Lipinski definition) is 3. The van der Waals surface area contributed by atoms with E-state index in [4.69, 9.17) is 5.11 Å². The number of hydrogen-bond donors (Lipinski definition) is 1. The van der Waals surface area contributed by atoms with Crippen molar-refractivity contribution in [3.05, 3.63) is 30.3 Å². The molecule has 0 aromatic heterocycles. The quantitative estimate of drug-likeness (QED) is 0.763. The summed E-state index contributed by atoms with van der Waals surface area (Å²) in [7, 11) is 0. The van der Waals surface area contributed by atoms with Crippen LogP contribution in [0.4, 0.5) is 0 Å². The molecule has 84 valence electrons. The lowest BCUT2D eigenvalue weighted by Crippen LogP contribution is -2.05. The lowest BCUT2D eigenvalue weighted by atomic mass is 10.2. The van der Waals surface area contributed by atoms with Gasteiger partial charge in [0.15, 0.2) is 0 Å². The summed E-state index contributed by atoms with van der Waals surface area (Å²) < 4.78 is 4.66. The molecule has 0 saturated heterocycles. The van der Waals surface area contributed by atoms with Crippen LogP contribution in [0.15, 0.2) is 30.3 Å². The van der Waals surface area contributed by atoms with E-state index in [1.807, 2.05) is 19.9 Å². The van der Waals surface area contributed by atoms with E-state index in [0.29, 0.717) is 18.3 Å². The molecule has 15 heavy (non-hydrogen) atoms. The molecule has 0 radical (unpaired) electrons. The molecule has 0 unspecified atom stereocenters.